The first-order valence-corrected chi connectivity index (χ1v) is 5.26. The molecule has 0 atom stereocenters. The third-order valence-electron chi connectivity index (χ3n) is 2.69. The Labute approximate surface area is 92.1 Å². The van der Waals surface area contributed by atoms with E-state index in [0.29, 0.717) is 18.8 Å². The second-order valence-electron chi connectivity index (χ2n) is 5.54. The van der Waals surface area contributed by atoms with Crippen LogP contribution in [0, 0.1) is 0 Å². The molecular weight excluding hydrogens is 190 g/mol. The molecule has 1 heterocycles. The summed E-state index contributed by atoms with van der Waals surface area (Å²) in [5, 5.41) is 0. The molecule has 1 aliphatic rings. The van der Waals surface area contributed by atoms with Gasteiger partial charge in [0.25, 0.3) is 0 Å². The van der Waals surface area contributed by atoms with Gasteiger partial charge in [-0.15, -0.1) is 0 Å². The summed E-state index contributed by atoms with van der Waals surface area (Å²) in [6.07, 6.45) is 0. The highest BCUT2D eigenvalue weighted by Crippen LogP contribution is 2.31. The predicted molar refractivity (Wildman–Crippen MR) is 60.6 cm³/mol. The molecule has 1 amide bonds. The van der Waals surface area contributed by atoms with Crippen molar-refractivity contribution in [3.63, 3.8) is 0 Å². The minimum absolute atomic E-state index is 0.0216. The first-order valence-electron chi connectivity index (χ1n) is 5.26. The molecule has 0 aromatic heterocycles. The van der Waals surface area contributed by atoms with Gasteiger partial charge in [-0.05, 0) is 34.6 Å². The summed E-state index contributed by atoms with van der Waals surface area (Å²) in [4.78, 5) is 14.0. The highest BCUT2D eigenvalue weighted by molar-refractivity contribution is 5.93. The van der Waals surface area contributed by atoms with Gasteiger partial charge < -0.3 is 9.64 Å². The Balaban J connectivity index is 3.07. The Morgan fingerprint density at radius 2 is 1.60 bits per heavy atom. The van der Waals surface area contributed by atoms with Crippen LogP contribution in [0.2, 0.25) is 0 Å². The second kappa shape index (κ2) is 3.63. The van der Waals surface area contributed by atoms with E-state index < -0.39 is 0 Å². The lowest BCUT2D eigenvalue weighted by atomic mass is 9.90. The molecule has 0 bridgehead atoms. The minimum Gasteiger partial charge on any atom is -0.377 e. The fourth-order valence-corrected chi connectivity index (χ4v) is 2.24. The molecule has 0 aromatic carbocycles. The number of nitrogens with zero attached hydrogens (tertiary/aromatic N) is 1. The van der Waals surface area contributed by atoms with Crippen LogP contribution < -0.4 is 0 Å². The molecule has 0 N–H and O–H groups in total. The molecule has 0 aliphatic carbocycles. The number of carbonyl (C=O) groups is 1. The molecule has 1 rings (SSSR count). The summed E-state index contributed by atoms with van der Waals surface area (Å²) < 4.78 is 5.54. The largest absolute Gasteiger partial charge is 0.377 e. The first-order chi connectivity index (χ1) is 6.68. The zero-order valence-electron chi connectivity index (χ0n) is 10.4. The van der Waals surface area contributed by atoms with Gasteiger partial charge in [0.05, 0.1) is 24.3 Å². The molecule has 0 aromatic rings. The van der Waals surface area contributed by atoms with Crippen molar-refractivity contribution in [1.29, 1.82) is 0 Å². The molecule has 3 heteroatoms. The molecule has 0 radical (unpaired) electrons. The van der Waals surface area contributed by atoms with Gasteiger partial charge in [-0.25, -0.2) is 0 Å². The normalized spacial score (nSPS) is 23.7. The number of amides is 1. The second-order valence-corrected chi connectivity index (χ2v) is 5.54. The fourth-order valence-electron chi connectivity index (χ4n) is 2.24. The van der Waals surface area contributed by atoms with Crippen molar-refractivity contribution in [2.24, 2.45) is 0 Å². The van der Waals surface area contributed by atoms with E-state index in [1.165, 1.54) is 0 Å². The third-order valence-corrected chi connectivity index (χ3v) is 2.69. The molecule has 0 saturated carbocycles. The topological polar surface area (TPSA) is 29.5 Å². The minimum atomic E-state index is -0.266. The Bertz CT molecular complexity index is 276. The summed E-state index contributed by atoms with van der Waals surface area (Å²) >= 11 is 0. The number of hydrogen-bond acceptors (Lipinski definition) is 2. The summed E-state index contributed by atoms with van der Waals surface area (Å²) in [6, 6.07) is 0. The third kappa shape index (κ3) is 2.23. The van der Waals surface area contributed by atoms with Crippen molar-refractivity contribution < 1.29 is 9.53 Å². The first kappa shape index (κ1) is 12.2. The Morgan fingerprint density at radius 3 is 1.93 bits per heavy atom. The van der Waals surface area contributed by atoms with E-state index in [9.17, 15) is 4.79 Å². The summed E-state index contributed by atoms with van der Waals surface area (Å²) in [5.41, 5.74) is 0.0494. The van der Waals surface area contributed by atoms with Crippen LogP contribution in [-0.4, -0.2) is 35.1 Å². The molecule has 1 saturated heterocycles. The predicted octanol–water partition coefficient (Wildman–Crippen LogP) is 1.98. The van der Waals surface area contributed by atoms with Crippen LogP contribution in [0.3, 0.4) is 0 Å². The van der Waals surface area contributed by atoms with Gasteiger partial charge in [0.15, 0.2) is 0 Å². The van der Waals surface area contributed by atoms with Gasteiger partial charge >= 0.3 is 0 Å². The molecule has 0 spiro atoms. The SMILES string of the molecule is C=C(C)C(=O)N1C(C)(C)COCC1(C)C. The van der Waals surface area contributed by atoms with Crippen molar-refractivity contribution in [3.05, 3.63) is 12.2 Å². The van der Waals surface area contributed by atoms with Gasteiger partial charge in [-0.2, -0.15) is 0 Å². The van der Waals surface area contributed by atoms with E-state index in [1.54, 1.807) is 6.92 Å². The number of carbonyl (C=O) groups excluding carboxylic acids is 1. The molecule has 1 aliphatic heterocycles. The number of ether oxygens (including phenoxy) is 1. The number of rotatable bonds is 1. The Morgan fingerprint density at radius 1 is 1.20 bits per heavy atom. The summed E-state index contributed by atoms with van der Waals surface area (Å²) in [5.74, 6) is 0.0216. The number of morpholine rings is 1. The lowest BCUT2D eigenvalue weighted by Gasteiger charge is -2.52. The van der Waals surface area contributed by atoms with Gasteiger partial charge in [0, 0.05) is 5.57 Å². The maximum atomic E-state index is 12.1. The quantitative estimate of drug-likeness (QED) is 0.621. The van der Waals surface area contributed by atoms with Gasteiger partial charge in [-0.3, -0.25) is 4.79 Å². The van der Waals surface area contributed by atoms with E-state index in [0.717, 1.165) is 0 Å². The molecule has 86 valence electrons. The van der Waals surface area contributed by atoms with E-state index >= 15 is 0 Å². The van der Waals surface area contributed by atoms with E-state index in [-0.39, 0.29) is 17.0 Å². The fraction of sp³-hybridized carbons (Fsp3) is 0.750. The van der Waals surface area contributed by atoms with Crippen LogP contribution >= 0.6 is 0 Å². The zero-order valence-corrected chi connectivity index (χ0v) is 10.4. The average molecular weight is 211 g/mol. The molecule has 15 heavy (non-hydrogen) atoms. The van der Waals surface area contributed by atoms with Crippen molar-refractivity contribution >= 4 is 5.91 Å². The lowest BCUT2D eigenvalue weighted by Crippen LogP contribution is -2.65. The number of hydrogen-bond donors (Lipinski definition) is 0. The van der Waals surface area contributed by atoms with Crippen molar-refractivity contribution in [2.75, 3.05) is 13.2 Å². The van der Waals surface area contributed by atoms with Crippen molar-refractivity contribution in [1.82, 2.24) is 4.90 Å². The highest BCUT2D eigenvalue weighted by Gasteiger charge is 2.44. The lowest BCUT2D eigenvalue weighted by molar-refractivity contribution is -0.162. The Kier molecular flexibility index (Phi) is 2.97. The summed E-state index contributed by atoms with van der Waals surface area (Å²) in [7, 11) is 0. The average Bonchev–Trinajstić information content (AvgIpc) is 1.99. The van der Waals surface area contributed by atoms with Gasteiger partial charge in [0.1, 0.15) is 0 Å². The highest BCUT2D eigenvalue weighted by atomic mass is 16.5. The van der Waals surface area contributed by atoms with Crippen LogP contribution in [-0.2, 0) is 9.53 Å². The van der Waals surface area contributed by atoms with Crippen molar-refractivity contribution in [3.8, 4) is 0 Å². The van der Waals surface area contributed by atoms with Crippen LogP contribution in [0.4, 0.5) is 0 Å². The van der Waals surface area contributed by atoms with Crippen LogP contribution in [0.25, 0.3) is 0 Å². The van der Waals surface area contributed by atoms with Crippen LogP contribution in [0.5, 0.6) is 0 Å². The van der Waals surface area contributed by atoms with Crippen molar-refractivity contribution in [2.45, 2.75) is 45.7 Å². The van der Waals surface area contributed by atoms with E-state index in [1.807, 2.05) is 32.6 Å². The smallest absolute Gasteiger partial charge is 0.249 e. The van der Waals surface area contributed by atoms with Crippen LogP contribution in [0.1, 0.15) is 34.6 Å². The monoisotopic (exact) mass is 211 g/mol. The molecule has 0 unspecified atom stereocenters. The van der Waals surface area contributed by atoms with Crippen LogP contribution in [0.15, 0.2) is 12.2 Å². The summed E-state index contributed by atoms with van der Waals surface area (Å²) in [6.45, 7) is 14.7. The van der Waals surface area contributed by atoms with Gasteiger partial charge in [0.2, 0.25) is 5.91 Å². The standard InChI is InChI=1S/C12H21NO2/c1-9(2)10(14)13-11(3,4)7-15-8-12(13,5)6/h1,7-8H2,2-6H3. The van der Waals surface area contributed by atoms with E-state index in [2.05, 4.69) is 6.58 Å². The maximum Gasteiger partial charge on any atom is 0.249 e. The van der Waals surface area contributed by atoms with E-state index in [4.69, 9.17) is 4.74 Å². The maximum absolute atomic E-state index is 12.1. The molecule has 3 nitrogen and oxygen atoms in total. The molecular formula is C12H21NO2. The Hall–Kier alpha value is -0.830. The molecule has 1 fully saturated rings. The zero-order chi connectivity index (χ0) is 11.9. The van der Waals surface area contributed by atoms with Gasteiger partial charge in [-0.1, -0.05) is 6.58 Å².